The van der Waals surface area contributed by atoms with Gasteiger partial charge >= 0.3 is 0 Å². The van der Waals surface area contributed by atoms with Crippen LogP contribution >= 0.6 is 0 Å². The molecule has 6 heteroatoms. The van der Waals surface area contributed by atoms with Gasteiger partial charge in [0.25, 0.3) is 0 Å². The van der Waals surface area contributed by atoms with E-state index in [1.165, 1.54) is 0 Å². The van der Waals surface area contributed by atoms with Crippen LogP contribution in [0, 0.1) is 0 Å². The minimum absolute atomic E-state index is 0.596. The molecule has 1 saturated heterocycles. The van der Waals surface area contributed by atoms with Gasteiger partial charge in [-0.25, -0.2) is 0 Å². The van der Waals surface area contributed by atoms with Gasteiger partial charge in [-0.15, -0.1) is 0 Å². The fourth-order valence-corrected chi connectivity index (χ4v) is 1.11. The van der Waals surface area contributed by atoms with Crippen molar-refractivity contribution in [3.8, 4) is 0 Å². The van der Waals surface area contributed by atoms with Crippen molar-refractivity contribution in [2.24, 2.45) is 0 Å². The maximum absolute atomic E-state index is 9.12. The molecule has 1 rings (SSSR count). The highest BCUT2D eigenvalue weighted by molar-refractivity contribution is 4.89. The van der Waals surface area contributed by atoms with Crippen molar-refractivity contribution in [2.75, 3.05) is 6.61 Å². The highest BCUT2D eigenvalue weighted by atomic mass is 16.6. The van der Waals surface area contributed by atoms with E-state index in [1.54, 1.807) is 0 Å². The van der Waals surface area contributed by atoms with Crippen LogP contribution in [0.5, 0.6) is 0 Å². The van der Waals surface area contributed by atoms with Crippen LogP contribution in [0.15, 0.2) is 0 Å². The van der Waals surface area contributed by atoms with E-state index in [9.17, 15) is 0 Å². The first-order valence-corrected chi connectivity index (χ1v) is 3.56. The number of hydrogen-bond donors (Lipinski definition) is 5. The number of ether oxygens (including phenoxy) is 1. The number of aliphatic hydroxyl groups excluding tert-OH is 5. The first-order chi connectivity index (χ1) is 5.57. The number of rotatable bonds is 2. The summed E-state index contributed by atoms with van der Waals surface area (Å²) < 4.78 is 4.58. The Morgan fingerprint density at radius 2 is 1.75 bits per heavy atom. The zero-order valence-corrected chi connectivity index (χ0v) is 6.24. The minimum Gasteiger partial charge on any atom is -0.394 e. The van der Waals surface area contributed by atoms with Gasteiger partial charge in [0.15, 0.2) is 6.29 Å². The summed E-state index contributed by atoms with van der Waals surface area (Å²) in [4.78, 5) is 0. The van der Waals surface area contributed by atoms with Gasteiger partial charge in [0.2, 0.25) is 0 Å². The van der Waals surface area contributed by atoms with Crippen LogP contribution in [0.2, 0.25) is 0 Å². The summed E-state index contributed by atoms with van der Waals surface area (Å²) >= 11 is 0. The van der Waals surface area contributed by atoms with Gasteiger partial charge < -0.3 is 30.3 Å². The van der Waals surface area contributed by atoms with Crippen LogP contribution in [-0.4, -0.2) is 62.8 Å². The van der Waals surface area contributed by atoms with Crippen molar-refractivity contribution in [3.05, 3.63) is 0 Å². The van der Waals surface area contributed by atoms with Gasteiger partial charge in [0.1, 0.15) is 24.4 Å². The van der Waals surface area contributed by atoms with E-state index < -0.39 is 37.3 Å². The third-order valence-corrected chi connectivity index (χ3v) is 1.84. The Kier molecular flexibility index (Phi) is 2.99. The summed E-state index contributed by atoms with van der Waals surface area (Å²) in [6, 6.07) is 0. The molecule has 1 heterocycles. The molecule has 12 heavy (non-hydrogen) atoms. The third kappa shape index (κ3) is 1.58. The largest absolute Gasteiger partial charge is 0.394 e. The summed E-state index contributed by atoms with van der Waals surface area (Å²) in [5.41, 5.74) is 0. The second-order valence-corrected chi connectivity index (χ2v) is 2.72. The fraction of sp³-hybridized carbons (Fsp3) is 1.00. The second kappa shape index (κ2) is 3.65. The van der Waals surface area contributed by atoms with Crippen LogP contribution in [0.25, 0.3) is 0 Å². The van der Waals surface area contributed by atoms with Gasteiger partial charge in [0, 0.05) is 0 Å². The number of aliphatic hydroxyl groups is 5. The van der Waals surface area contributed by atoms with Crippen LogP contribution in [0.4, 0.5) is 0 Å². The van der Waals surface area contributed by atoms with Crippen molar-refractivity contribution in [2.45, 2.75) is 30.7 Å². The molecule has 0 amide bonds. The van der Waals surface area contributed by atoms with Crippen LogP contribution < -0.4 is 0 Å². The molecular formula is C6H12O6. The molecule has 5 N–H and O–H groups in total. The van der Waals surface area contributed by atoms with Gasteiger partial charge in [-0.3, -0.25) is 0 Å². The summed E-state index contributed by atoms with van der Waals surface area (Å²) in [5.74, 6) is 0. The smallest absolute Gasteiger partial charge is 0.184 e. The van der Waals surface area contributed by atoms with Gasteiger partial charge in [-0.05, 0) is 0 Å². The Balaban J connectivity index is 2.58. The van der Waals surface area contributed by atoms with Crippen molar-refractivity contribution in [1.29, 1.82) is 0 Å². The Bertz CT molecular complexity index is 151. The van der Waals surface area contributed by atoms with Gasteiger partial charge in [0.05, 0.1) is 6.61 Å². The zero-order valence-electron chi connectivity index (χ0n) is 6.24. The summed E-state index contributed by atoms with van der Waals surface area (Å²) in [5, 5.41) is 44.4. The molecule has 0 spiro atoms. The maximum Gasteiger partial charge on any atom is 0.184 e. The predicted molar refractivity (Wildman–Crippen MR) is 36.0 cm³/mol. The van der Waals surface area contributed by atoms with Crippen molar-refractivity contribution >= 4 is 0 Å². The van der Waals surface area contributed by atoms with E-state index >= 15 is 0 Å². The monoisotopic (exact) mass is 180 g/mol. The molecule has 0 aromatic heterocycles. The normalized spacial score (nSPS) is 44.8. The topological polar surface area (TPSA) is 110 Å². The third-order valence-electron chi connectivity index (χ3n) is 1.84. The predicted octanol–water partition coefficient (Wildman–Crippen LogP) is -3.22. The zero-order chi connectivity index (χ0) is 9.30. The molecule has 0 unspecified atom stereocenters. The molecule has 0 radical (unpaired) electrons. The van der Waals surface area contributed by atoms with E-state index in [4.69, 9.17) is 25.5 Å². The molecule has 1 aliphatic heterocycles. The molecule has 1 fully saturated rings. The molecule has 5 atom stereocenters. The van der Waals surface area contributed by atoms with Gasteiger partial charge in [-0.1, -0.05) is 0 Å². The first kappa shape index (κ1) is 9.85. The minimum atomic E-state index is -1.51. The van der Waals surface area contributed by atoms with Crippen LogP contribution in [0.3, 0.4) is 0 Å². The quantitative estimate of drug-likeness (QED) is 0.306. The second-order valence-electron chi connectivity index (χ2n) is 2.72. The molecule has 72 valence electrons. The van der Waals surface area contributed by atoms with Crippen LogP contribution in [-0.2, 0) is 4.74 Å². The Labute approximate surface area is 68.6 Å². The molecule has 0 bridgehead atoms. The highest BCUT2D eigenvalue weighted by Crippen LogP contribution is 2.21. The van der Waals surface area contributed by atoms with Crippen molar-refractivity contribution in [3.63, 3.8) is 0 Å². The summed E-state index contributed by atoms with van der Waals surface area (Å²) in [7, 11) is 0. The van der Waals surface area contributed by atoms with E-state index in [-0.39, 0.29) is 0 Å². The molecule has 0 aromatic rings. The molecule has 0 aromatic carbocycles. The summed E-state index contributed by atoms with van der Waals surface area (Å²) in [6.07, 6.45) is -6.75. The van der Waals surface area contributed by atoms with E-state index in [0.29, 0.717) is 0 Å². The van der Waals surface area contributed by atoms with E-state index in [0.717, 1.165) is 0 Å². The Morgan fingerprint density at radius 1 is 1.17 bits per heavy atom. The SMILES string of the molecule is OC[C@H](O)[C@@H]1O[C@H](O)[C@H](O)[C@@H]1O. The van der Waals surface area contributed by atoms with Crippen molar-refractivity contribution in [1.82, 2.24) is 0 Å². The van der Waals surface area contributed by atoms with Crippen LogP contribution in [0.1, 0.15) is 0 Å². The van der Waals surface area contributed by atoms with Gasteiger partial charge in [-0.2, -0.15) is 0 Å². The lowest BCUT2D eigenvalue weighted by Gasteiger charge is -2.18. The average molecular weight is 180 g/mol. The Hall–Kier alpha value is -0.240. The molecule has 0 saturated carbocycles. The lowest BCUT2D eigenvalue weighted by Crippen LogP contribution is -2.40. The van der Waals surface area contributed by atoms with E-state index in [1.807, 2.05) is 0 Å². The maximum atomic E-state index is 9.12. The molecule has 1 aliphatic rings. The fourth-order valence-electron chi connectivity index (χ4n) is 1.11. The lowest BCUT2D eigenvalue weighted by atomic mass is 10.1. The standard InChI is InChI=1S/C6H12O6/c7-1-2(8)5-3(9)4(10)6(11)12-5/h2-11H,1H2/t2-,3-,4+,5-,6-/m0/s1. The molecular weight excluding hydrogens is 168 g/mol. The van der Waals surface area contributed by atoms with Crippen molar-refractivity contribution < 1.29 is 30.3 Å². The highest BCUT2D eigenvalue weighted by Gasteiger charge is 2.44. The van der Waals surface area contributed by atoms with E-state index in [2.05, 4.69) is 4.74 Å². The lowest BCUT2D eigenvalue weighted by molar-refractivity contribution is -0.150. The Morgan fingerprint density at radius 3 is 2.08 bits per heavy atom. The molecule has 6 nitrogen and oxygen atoms in total. The average Bonchev–Trinajstić information content (AvgIpc) is 2.32. The number of hydrogen-bond acceptors (Lipinski definition) is 6. The first-order valence-electron chi connectivity index (χ1n) is 3.56. The summed E-state index contributed by atoms with van der Waals surface area (Å²) in [6.45, 7) is -0.596. The molecule has 0 aliphatic carbocycles.